The molecule has 0 amide bonds. The zero-order valence-corrected chi connectivity index (χ0v) is 8.44. The zero-order valence-electron chi connectivity index (χ0n) is 8.44. The van der Waals surface area contributed by atoms with Gasteiger partial charge in [0.15, 0.2) is 0 Å². The average Bonchev–Trinajstić information content (AvgIpc) is 2.70. The molecule has 1 aromatic heterocycles. The van der Waals surface area contributed by atoms with Crippen molar-refractivity contribution in [3.63, 3.8) is 0 Å². The Bertz CT molecular complexity index is 476. The van der Waals surface area contributed by atoms with E-state index in [0.29, 0.717) is 0 Å². The lowest BCUT2D eigenvalue weighted by molar-refractivity contribution is 0.633. The van der Waals surface area contributed by atoms with E-state index in [0.717, 1.165) is 17.7 Å². The number of hydrogen-bond donors (Lipinski definition) is 1. The molecule has 0 fully saturated rings. The van der Waals surface area contributed by atoms with Gasteiger partial charge in [0.05, 0.1) is 11.9 Å². The van der Waals surface area contributed by atoms with Crippen LogP contribution in [0, 0.1) is 5.82 Å². The van der Waals surface area contributed by atoms with Gasteiger partial charge < -0.3 is 5.73 Å². The highest BCUT2D eigenvalue weighted by Gasteiger charge is 2.04. The molecule has 0 spiro atoms. The second-order valence-electron chi connectivity index (χ2n) is 3.32. The summed E-state index contributed by atoms with van der Waals surface area (Å²) < 4.78 is 15.0. The lowest BCUT2D eigenvalue weighted by Crippen LogP contribution is -1.92. The first-order valence-corrected chi connectivity index (χ1v) is 4.78. The Morgan fingerprint density at radius 3 is 2.80 bits per heavy atom. The number of benzene rings is 1. The lowest BCUT2D eigenvalue weighted by Gasteiger charge is -1.99. The molecule has 1 heterocycles. The van der Waals surface area contributed by atoms with Crippen molar-refractivity contribution in [3.8, 4) is 11.1 Å². The lowest BCUT2D eigenvalue weighted by atomic mass is 10.1. The van der Waals surface area contributed by atoms with Crippen molar-refractivity contribution in [2.75, 3.05) is 5.73 Å². The van der Waals surface area contributed by atoms with Crippen LogP contribution in [0.25, 0.3) is 11.1 Å². The first-order valence-electron chi connectivity index (χ1n) is 4.78. The topological polar surface area (TPSA) is 43.8 Å². The van der Waals surface area contributed by atoms with Crippen LogP contribution in [0.2, 0.25) is 0 Å². The third-order valence-corrected chi connectivity index (χ3v) is 2.29. The van der Waals surface area contributed by atoms with Gasteiger partial charge in [0.2, 0.25) is 0 Å². The van der Waals surface area contributed by atoms with E-state index in [4.69, 9.17) is 5.73 Å². The number of nitrogens with two attached hydrogens (primary N) is 1. The van der Waals surface area contributed by atoms with E-state index in [-0.39, 0.29) is 5.69 Å². The molecule has 0 aliphatic rings. The van der Waals surface area contributed by atoms with Crippen molar-refractivity contribution in [2.24, 2.45) is 0 Å². The third kappa shape index (κ3) is 1.83. The van der Waals surface area contributed by atoms with Gasteiger partial charge in [-0.1, -0.05) is 6.07 Å². The highest BCUT2D eigenvalue weighted by atomic mass is 19.1. The summed E-state index contributed by atoms with van der Waals surface area (Å²) >= 11 is 0. The van der Waals surface area contributed by atoms with Gasteiger partial charge in [-0.25, -0.2) is 4.39 Å². The van der Waals surface area contributed by atoms with Crippen LogP contribution < -0.4 is 5.73 Å². The molecule has 2 rings (SSSR count). The van der Waals surface area contributed by atoms with Crippen molar-refractivity contribution in [1.82, 2.24) is 9.78 Å². The number of aromatic nitrogens is 2. The monoisotopic (exact) mass is 205 g/mol. The van der Waals surface area contributed by atoms with Gasteiger partial charge in [0.1, 0.15) is 5.82 Å². The molecule has 0 atom stereocenters. The van der Waals surface area contributed by atoms with Crippen LogP contribution in [0.4, 0.5) is 10.1 Å². The minimum absolute atomic E-state index is 0.168. The molecule has 2 aromatic rings. The Morgan fingerprint density at radius 1 is 1.40 bits per heavy atom. The van der Waals surface area contributed by atoms with E-state index in [9.17, 15) is 4.39 Å². The van der Waals surface area contributed by atoms with Gasteiger partial charge in [-0.15, -0.1) is 0 Å². The second kappa shape index (κ2) is 3.73. The minimum atomic E-state index is -0.392. The van der Waals surface area contributed by atoms with E-state index in [1.165, 1.54) is 6.07 Å². The summed E-state index contributed by atoms with van der Waals surface area (Å²) in [7, 11) is 0. The fourth-order valence-corrected chi connectivity index (χ4v) is 1.39. The van der Waals surface area contributed by atoms with Crippen LogP contribution in [0.15, 0.2) is 30.6 Å². The first-order chi connectivity index (χ1) is 7.20. The Labute approximate surface area is 87.3 Å². The SMILES string of the molecule is CCn1cc(-c2ccc(N)c(F)c2)cn1. The molecule has 78 valence electrons. The van der Waals surface area contributed by atoms with Crippen molar-refractivity contribution in [1.29, 1.82) is 0 Å². The molecule has 0 aliphatic heterocycles. The van der Waals surface area contributed by atoms with Gasteiger partial charge in [-0.3, -0.25) is 4.68 Å². The summed E-state index contributed by atoms with van der Waals surface area (Å²) in [5.74, 6) is -0.392. The highest BCUT2D eigenvalue weighted by molar-refractivity contribution is 5.64. The molecule has 4 heteroatoms. The molecular weight excluding hydrogens is 193 g/mol. The number of anilines is 1. The normalized spacial score (nSPS) is 10.5. The van der Waals surface area contributed by atoms with Gasteiger partial charge in [-0.05, 0) is 24.6 Å². The Balaban J connectivity index is 2.40. The van der Waals surface area contributed by atoms with Crippen molar-refractivity contribution < 1.29 is 4.39 Å². The number of hydrogen-bond acceptors (Lipinski definition) is 2. The zero-order chi connectivity index (χ0) is 10.8. The fourth-order valence-electron chi connectivity index (χ4n) is 1.39. The van der Waals surface area contributed by atoms with Crippen molar-refractivity contribution >= 4 is 5.69 Å². The van der Waals surface area contributed by atoms with Gasteiger partial charge in [0.25, 0.3) is 0 Å². The number of nitrogen functional groups attached to an aromatic ring is 1. The minimum Gasteiger partial charge on any atom is -0.396 e. The van der Waals surface area contributed by atoms with E-state index in [1.54, 1.807) is 23.0 Å². The van der Waals surface area contributed by atoms with Crippen molar-refractivity contribution in [2.45, 2.75) is 13.5 Å². The fraction of sp³-hybridized carbons (Fsp3) is 0.182. The van der Waals surface area contributed by atoms with Crippen LogP contribution in [0.1, 0.15) is 6.92 Å². The standard InChI is InChI=1S/C11H12FN3/c1-2-15-7-9(6-14-15)8-3-4-11(13)10(12)5-8/h3-7H,2,13H2,1H3. The van der Waals surface area contributed by atoms with E-state index in [2.05, 4.69) is 5.10 Å². The number of halogens is 1. The van der Waals surface area contributed by atoms with Gasteiger partial charge in [0, 0.05) is 18.3 Å². The summed E-state index contributed by atoms with van der Waals surface area (Å²) in [6.07, 6.45) is 3.60. The molecule has 0 unspecified atom stereocenters. The Kier molecular flexibility index (Phi) is 2.41. The van der Waals surface area contributed by atoms with Crippen LogP contribution >= 0.6 is 0 Å². The van der Waals surface area contributed by atoms with Crippen LogP contribution in [-0.4, -0.2) is 9.78 Å². The second-order valence-corrected chi connectivity index (χ2v) is 3.32. The summed E-state index contributed by atoms with van der Waals surface area (Å²) in [5.41, 5.74) is 7.26. The summed E-state index contributed by atoms with van der Waals surface area (Å²) in [6.45, 7) is 2.80. The summed E-state index contributed by atoms with van der Waals surface area (Å²) in [4.78, 5) is 0. The van der Waals surface area contributed by atoms with Crippen LogP contribution in [0.5, 0.6) is 0 Å². The van der Waals surface area contributed by atoms with E-state index < -0.39 is 5.82 Å². The van der Waals surface area contributed by atoms with E-state index >= 15 is 0 Å². The molecular formula is C11H12FN3. The van der Waals surface area contributed by atoms with Gasteiger partial charge in [-0.2, -0.15) is 5.10 Å². The number of aryl methyl sites for hydroxylation is 1. The molecule has 0 bridgehead atoms. The van der Waals surface area contributed by atoms with Crippen molar-refractivity contribution in [3.05, 3.63) is 36.4 Å². The Hall–Kier alpha value is -1.84. The predicted octanol–water partition coefficient (Wildman–Crippen LogP) is 2.29. The Morgan fingerprint density at radius 2 is 2.20 bits per heavy atom. The smallest absolute Gasteiger partial charge is 0.146 e. The predicted molar refractivity (Wildman–Crippen MR) is 57.7 cm³/mol. The maximum Gasteiger partial charge on any atom is 0.146 e. The van der Waals surface area contributed by atoms with E-state index in [1.807, 2.05) is 13.1 Å². The first kappa shape index (κ1) is 9.71. The molecule has 2 N–H and O–H groups in total. The molecule has 1 aromatic carbocycles. The maximum atomic E-state index is 13.2. The molecule has 0 saturated heterocycles. The third-order valence-electron chi connectivity index (χ3n) is 2.29. The maximum absolute atomic E-state index is 13.2. The average molecular weight is 205 g/mol. The highest BCUT2D eigenvalue weighted by Crippen LogP contribution is 2.22. The molecule has 0 aliphatic carbocycles. The van der Waals surface area contributed by atoms with Crippen LogP contribution in [0.3, 0.4) is 0 Å². The number of rotatable bonds is 2. The molecule has 15 heavy (non-hydrogen) atoms. The summed E-state index contributed by atoms with van der Waals surface area (Å²) in [5, 5.41) is 4.13. The molecule has 0 saturated carbocycles. The summed E-state index contributed by atoms with van der Waals surface area (Å²) in [6, 6.07) is 4.77. The molecule has 3 nitrogen and oxygen atoms in total. The molecule has 0 radical (unpaired) electrons. The van der Waals surface area contributed by atoms with Gasteiger partial charge >= 0.3 is 0 Å². The largest absolute Gasteiger partial charge is 0.396 e. The van der Waals surface area contributed by atoms with Crippen LogP contribution in [-0.2, 0) is 6.54 Å². The number of nitrogens with zero attached hydrogens (tertiary/aromatic N) is 2. The quantitative estimate of drug-likeness (QED) is 0.764.